The van der Waals surface area contributed by atoms with Crippen molar-refractivity contribution in [3.05, 3.63) is 29.3 Å². The number of para-hydroxylation sites is 1. The van der Waals surface area contributed by atoms with Crippen molar-refractivity contribution in [3.63, 3.8) is 0 Å². The second-order valence-corrected chi connectivity index (χ2v) is 3.49. The highest BCUT2D eigenvalue weighted by Crippen LogP contribution is 2.20. The summed E-state index contributed by atoms with van der Waals surface area (Å²) in [6.07, 6.45) is 0. The first-order chi connectivity index (χ1) is 6.65. The van der Waals surface area contributed by atoms with Gasteiger partial charge in [0.2, 0.25) is 0 Å². The second kappa shape index (κ2) is 5.14. The van der Waals surface area contributed by atoms with E-state index in [1.807, 2.05) is 31.3 Å². The maximum Gasteiger partial charge on any atom is 0.187 e. The van der Waals surface area contributed by atoms with Crippen molar-refractivity contribution in [2.45, 2.75) is 0 Å². The van der Waals surface area contributed by atoms with E-state index >= 15 is 0 Å². The van der Waals surface area contributed by atoms with E-state index in [1.165, 1.54) is 0 Å². The average molecular weight is 230 g/mol. The van der Waals surface area contributed by atoms with Crippen LogP contribution in [0.2, 0.25) is 5.02 Å². The number of thiocarbonyl (C=S) groups is 1. The summed E-state index contributed by atoms with van der Waals surface area (Å²) in [6.45, 7) is 0. The standard InChI is InChI=1S/C9H12ClN3S/c1-11-13(2)9(14)12-8-6-4-3-5-7(8)10/h3-6,11H,1-2H3,(H,12,14). The van der Waals surface area contributed by atoms with E-state index in [-0.39, 0.29) is 0 Å². The molecule has 0 saturated carbocycles. The van der Waals surface area contributed by atoms with Crippen LogP contribution in [-0.4, -0.2) is 24.2 Å². The Balaban J connectivity index is 2.70. The lowest BCUT2D eigenvalue weighted by Crippen LogP contribution is -2.39. The first kappa shape index (κ1) is 11.2. The molecular formula is C9H12ClN3S. The van der Waals surface area contributed by atoms with Gasteiger partial charge in [-0.1, -0.05) is 23.7 Å². The lowest BCUT2D eigenvalue weighted by atomic mass is 10.3. The lowest BCUT2D eigenvalue weighted by molar-refractivity contribution is 0.416. The summed E-state index contributed by atoms with van der Waals surface area (Å²) in [4.78, 5) is 0. The third kappa shape index (κ3) is 2.83. The molecule has 3 nitrogen and oxygen atoms in total. The molecule has 0 saturated heterocycles. The zero-order valence-electron chi connectivity index (χ0n) is 8.04. The highest BCUT2D eigenvalue weighted by molar-refractivity contribution is 7.80. The Morgan fingerprint density at radius 2 is 2.07 bits per heavy atom. The minimum atomic E-state index is 0.570. The molecule has 0 heterocycles. The molecular weight excluding hydrogens is 218 g/mol. The average Bonchev–Trinajstić information content (AvgIpc) is 2.20. The quantitative estimate of drug-likeness (QED) is 0.600. The Morgan fingerprint density at radius 1 is 1.43 bits per heavy atom. The number of halogens is 1. The second-order valence-electron chi connectivity index (χ2n) is 2.69. The van der Waals surface area contributed by atoms with Crippen LogP contribution in [0.25, 0.3) is 0 Å². The molecule has 0 unspecified atom stereocenters. The van der Waals surface area contributed by atoms with Crippen LogP contribution in [0.15, 0.2) is 24.3 Å². The molecule has 0 bridgehead atoms. The van der Waals surface area contributed by atoms with Gasteiger partial charge < -0.3 is 5.32 Å². The summed E-state index contributed by atoms with van der Waals surface area (Å²) in [5, 5.41) is 5.94. The predicted octanol–water partition coefficient (Wildman–Crippen LogP) is 2.10. The van der Waals surface area contributed by atoms with Crippen LogP contribution in [0, 0.1) is 0 Å². The maximum absolute atomic E-state index is 5.96. The fourth-order valence-corrected chi connectivity index (χ4v) is 1.25. The highest BCUT2D eigenvalue weighted by Gasteiger charge is 2.04. The zero-order valence-corrected chi connectivity index (χ0v) is 9.62. The maximum atomic E-state index is 5.96. The van der Waals surface area contributed by atoms with Crippen molar-refractivity contribution in [1.82, 2.24) is 10.4 Å². The Bertz CT molecular complexity index is 330. The molecule has 0 aliphatic heterocycles. The number of rotatable bonds is 2. The Hall–Kier alpha value is -0.840. The predicted molar refractivity (Wildman–Crippen MR) is 64.5 cm³/mol. The normalized spacial score (nSPS) is 9.64. The molecule has 0 aromatic heterocycles. The van der Waals surface area contributed by atoms with E-state index in [0.29, 0.717) is 10.1 Å². The summed E-state index contributed by atoms with van der Waals surface area (Å²) >= 11 is 11.1. The van der Waals surface area contributed by atoms with E-state index in [2.05, 4.69) is 10.7 Å². The van der Waals surface area contributed by atoms with Crippen LogP contribution in [0.1, 0.15) is 0 Å². The number of anilines is 1. The fraction of sp³-hybridized carbons (Fsp3) is 0.222. The molecule has 14 heavy (non-hydrogen) atoms. The number of hydrazine groups is 1. The highest BCUT2D eigenvalue weighted by atomic mass is 35.5. The van der Waals surface area contributed by atoms with Crippen molar-refractivity contribution >= 4 is 34.6 Å². The molecule has 0 amide bonds. The fourth-order valence-electron chi connectivity index (χ4n) is 0.863. The Morgan fingerprint density at radius 3 is 2.64 bits per heavy atom. The van der Waals surface area contributed by atoms with Crippen molar-refractivity contribution < 1.29 is 0 Å². The number of hydrogen-bond donors (Lipinski definition) is 2. The summed E-state index contributed by atoms with van der Waals surface area (Å²) in [6, 6.07) is 7.46. The van der Waals surface area contributed by atoms with Gasteiger partial charge >= 0.3 is 0 Å². The van der Waals surface area contributed by atoms with Crippen LogP contribution >= 0.6 is 23.8 Å². The molecule has 0 aliphatic rings. The van der Waals surface area contributed by atoms with Crippen molar-refractivity contribution in [3.8, 4) is 0 Å². The summed E-state index contributed by atoms with van der Waals surface area (Å²) in [5.74, 6) is 0. The number of hydrogen-bond acceptors (Lipinski definition) is 2. The molecule has 76 valence electrons. The van der Waals surface area contributed by atoms with Gasteiger partial charge in [-0.05, 0) is 24.4 Å². The molecule has 5 heteroatoms. The van der Waals surface area contributed by atoms with E-state index in [0.717, 1.165) is 5.69 Å². The molecule has 0 spiro atoms. The minimum Gasteiger partial charge on any atom is -0.330 e. The zero-order chi connectivity index (χ0) is 10.6. The van der Waals surface area contributed by atoms with Gasteiger partial charge in [0, 0.05) is 14.1 Å². The third-order valence-electron chi connectivity index (χ3n) is 1.76. The number of nitrogens with zero attached hydrogens (tertiary/aromatic N) is 1. The number of benzene rings is 1. The van der Waals surface area contributed by atoms with Gasteiger partial charge in [-0.3, -0.25) is 5.01 Å². The van der Waals surface area contributed by atoms with E-state index in [4.69, 9.17) is 23.8 Å². The monoisotopic (exact) mass is 229 g/mol. The number of nitrogens with one attached hydrogen (secondary N) is 2. The van der Waals surface area contributed by atoms with E-state index in [1.54, 1.807) is 12.1 Å². The third-order valence-corrected chi connectivity index (χ3v) is 2.46. The summed E-state index contributed by atoms with van der Waals surface area (Å²) in [5.41, 5.74) is 3.70. The molecule has 1 rings (SSSR count). The van der Waals surface area contributed by atoms with Gasteiger partial charge in [0.05, 0.1) is 10.7 Å². The van der Waals surface area contributed by atoms with Crippen LogP contribution in [0.5, 0.6) is 0 Å². The van der Waals surface area contributed by atoms with Gasteiger partial charge in [0.1, 0.15) is 0 Å². The van der Waals surface area contributed by atoms with E-state index < -0.39 is 0 Å². The molecule has 2 N–H and O–H groups in total. The van der Waals surface area contributed by atoms with Crippen LogP contribution in [-0.2, 0) is 0 Å². The molecule has 0 radical (unpaired) electrons. The molecule has 0 fully saturated rings. The van der Waals surface area contributed by atoms with Gasteiger partial charge in [0.15, 0.2) is 5.11 Å². The first-order valence-corrected chi connectivity index (χ1v) is 4.90. The van der Waals surface area contributed by atoms with Crippen LogP contribution in [0.4, 0.5) is 5.69 Å². The van der Waals surface area contributed by atoms with Crippen molar-refractivity contribution in [1.29, 1.82) is 0 Å². The minimum absolute atomic E-state index is 0.570. The summed E-state index contributed by atoms with van der Waals surface area (Å²) in [7, 11) is 3.62. The van der Waals surface area contributed by atoms with E-state index in [9.17, 15) is 0 Å². The molecule has 1 aromatic carbocycles. The topological polar surface area (TPSA) is 27.3 Å². The Labute approximate surface area is 94.0 Å². The SMILES string of the molecule is CNN(C)C(=S)Nc1ccccc1Cl. The van der Waals surface area contributed by atoms with Gasteiger partial charge in [-0.15, -0.1) is 0 Å². The first-order valence-electron chi connectivity index (χ1n) is 4.11. The van der Waals surface area contributed by atoms with Crippen LogP contribution in [0.3, 0.4) is 0 Å². The van der Waals surface area contributed by atoms with Crippen LogP contribution < -0.4 is 10.7 Å². The molecule has 1 aromatic rings. The van der Waals surface area contributed by atoms with Gasteiger partial charge in [-0.25, -0.2) is 5.43 Å². The van der Waals surface area contributed by atoms with Gasteiger partial charge in [0.25, 0.3) is 0 Å². The Kier molecular flexibility index (Phi) is 4.13. The summed E-state index contributed by atoms with van der Waals surface area (Å²) < 4.78 is 0. The largest absolute Gasteiger partial charge is 0.330 e. The van der Waals surface area contributed by atoms with Gasteiger partial charge in [-0.2, -0.15) is 0 Å². The van der Waals surface area contributed by atoms with Crippen molar-refractivity contribution in [2.24, 2.45) is 0 Å². The molecule has 0 aliphatic carbocycles. The smallest absolute Gasteiger partial charge is 0.187 e. The van der Waals surface area contributed by atoms with Crippen molar-refractivity contribution in [2.75, 3.05) is 19.4 Å². The lowest BCUT2D eigenvalue weighted by Gasteiger charge is -2.19. The molecule has 0 atom stereocenters.